The summed E-state index contributed by atoms with van der Waals surface area (Å²) in [6, 6.07) is 5.95. The first kappa shape index (κ1) is 9.71. The standard InChI is InChI=1S/C11H6F3N/c12-8-3-1-7(2-4-8)10-9(13)5-6-15-11(10)14/h1-6H. The molecule has 2 rings (SSSR count). The molecule has 0 amide bonds. The maximum absolute atomic E-state index is 13.3. The third kappa shape index (κ3) is 1.83. The Morgan fingerprint density at radius 2 is 1.53 bits per heavy atom. The molecular weight excluding hydrogens is 203 g/mol. The molecule has 15 heavy (non-hydrogen) atoms. The number of benzene rings is 1. The van der Waals surface area contributed by atoms with Crippen molar-refractivity contribution in [1.29, 1.82) is 0 Å². The Balaban J connectivity index is 2.58. The number of aromatic nitrogens is 1. The second-order valence-electron chi connectivity index (χ2n) is 2.97. The number of nitrogens with zero attached hydrogens (tertiary/aromatic N) is 1. The van der Waals surface area contributed by atoms with E-state index in [-0.39, 0.29) is 11.1 Å². The molecule has 0 atom stereocenters. The Kier molecular flexibility index (Phi) is 2.41. The van der Waals surface area contributed by atoms with E-state index in [1.54, 1.807) is 0 Å². The first-order chi connectivity index (χ1) is 7.18. The summed E-state index contributed by atoms with van der Waals surface area (Å²) in [5, 5.41) is 0. The molecule has 0 fully saturated rings. The lowest BCUT2D eigenvalue weighted by Crippen LogP contribution is -1.92. The fraction of sp³-hybridized carbons (Fsp3) is 0. The fourth-order valence-corrected chi connectivity index (χ4v) is 1.29. The summed E-state index contributed by atoms with van der Waals surface area (Å²) >= 11 is 0. The highest BCUT2D eigenvalue weighted by atomic mass is 19.1. The van der Waals surface area contributed by atoms with Crippen molar-refractivity contribution in [3.8, 4) is 11.1 Å². The number of pyridine rings is 1. The minimum Gasteiger partial charge on any atom is -0.228 e. The SMILES string of the molecule is Fc1ccc(-c2c(F)ccnc2F)cc1. The molecular formula is C11H6F3N. The van der Waals surface area contributed by atoms with Crippen LogP contribution in [-0.2, 0) is 0 Å². The average molecular weight is 209 g/mol. The van der Waals surface area contributed by atoms with E-state index in [0.29, 0.717) is 0 Å². The van der Waals surface area contributed by atoms with Crippen LogP contribution in [0.2, 0.25) is 0 Å². The van der Waals surface area contributed by atoms with Gasteiger partial charge in [0.2, 0.25) is 5.95 Å². The Morgan fingerprint density at radius 1 is 0.867 bits per heavy atom. The molecule has 0 saturated heterocycles. The predicted molar refractivity (Wildman–Crippen MR) is 49.5 cm³/mol. The molecule has 1 heterocycles. The lowest BCUT2D eigenvalue weighted by atomic mass is 10.1. The van der Waals surface area contributed by atoms with Crippen LogP contribution >= 0.6 is 0 Å². The van der Waals surface area contributed by atoms with Gasteiger partial charge in [0, 0.05) is 6.20 Å². The van der Waals surface area contributed by atoms with E-state index in [1.807, 2.05) is 0 Å². The summed E-state index contributed by atoms with van der Waals surface area (Å²) in [7, 11) is 0. The van der Waals surface area contributed by atoms with E-state index < -0.39 is 17.6 Å². The summed E-state index contributed by atoms with van der Waals surface area (Å²) in [4.78, 5) is 3.34. The molecule has 0 spiro atoms. The minimum atomic E-state index is -0.901. The molecule has 1 nitrogen and oxygen atoms in total. The first-order valence-corrected chi connectivity index (χ1v) is 4.24. The van der Waals surface area contributed by atoms with Gasteiger partial charge < -0.3 is 0 Å². The van der Waals surface area contributed by atoms with Crippen LogP contribution < -0.4 is 0 Å². The fourth-order valence-electron chi connectivity index (χ4n) is 1.29. The van der Waals surface area contributed by atoms with Gasteiger partial charge in [0.25, 0.3) is 0 Å². The molecule has 4 heteroatoms. The monoisotopic (exact) mass is 209 g/mol. The summed E-state index contributed by atoms with van der Waals surface area (Å²) in [5.41, 5.74) is 0.0250. The summed E-state index contributed by atoms with van der Waals surface area (Å²) in [6.45, 7) is 0. The lowest BCUT2D eigenvalue weighted by molar-refractivity contribution is 0.558. The van der Waals surface area contributed by atoms with Crippen LogP contribution in [0, 0.1) is 17.6 Å². The molecule has 0 aliphatic carbocycles. The minimum absolute atomic E-state index is 0.238. The van der Waals surface area contributed by atoms with Crippen molar-refractivity contribution in [2.75, 3.05) is 0 Å². The molecule has 0 bridgehead atoms. The van der Waals surface area contributed by atoms with E-state index in [2.05, 4.69) is 4.98 Å². The third-order valence-electron chi connectivity index (χ3n) is 1.99. The molecule has 0 saturated carbocycles. The average Bonchev–Trinajstić information content (AvgIpc) is 2.20. The quantitative estimate of drug-likeness (QED) is 0.657. The Hall–Kier alpha value is -1.84. The maximum atomic E-state index is 13.3. The van der Waals surface area contributed by atoms with Gasteiger partial charge in [-0.2, -0.15) is 4.39 Å². The van der Waals surface area contributed by atoms with Gasteiger partial charge in [-0.3, -0.25) is 0 Å². The predicted octanol–water partition coefficient (Wildman–Crippen LogP) is 3.17. The maximum Gasteiger partial charge on any atom is 0.223 e. The van der Waals surface area contributed by atoms with Crippen molar-refractivity contribution in [2.24, 2.45) is 0 Å². The third-order valence-corrected chi connectivity index (χ3v) is 1.99. The van der Waals surface area contributed by atoms with Crippen molar-refractivity contribution in [1.82, 2.24) is 4.98 Å². The molecule has 2 aromatic rings. The van der Waals surface area contributed by atoms with Crippen molar-refractivity contribution >= 4 is 0 Å². The number of hydrogen-bond donors (Lipinski definition) is 0. The zero-order chi connectivity index (χ0) is 10.8. The van der Waals surface area contributed by atoms with Crippen molar-refractivity contribution in [3.63, 3.8) is 0 Å². The Bertz CT molecular complexity index is 459. The molecule has 76 valence electrons. The molecule has 1 aromatic carbocycles. The molecule has 0 N–H and O–H groups in total. The summed E-state index contributed by atoms with van der Waals surface area (Å²) in [5.74, 6) is -2.07. The van der Waals surface area contributed by atoms with Gasteiger partial charge in [0.15, 0.2) is 0 Å². The largest absolute Gasteiger partial charge is 0.228 e. The van der Waals surface area contributed by atoms with Crippen molar-refractivity contribution in [3.05, 3.63) is 54.1 Å². The zero-order valence-electron chi connectivity index (χ0n) is 7.55. The Labute approximate surface area is 84.2 Å². The van der Waals surface area contributed by atoms with E-state index in [0.717, 1.165) is 24.4 Å². The first-order valence-electron chi connectivity index (χ1n) is 4.24. The smallest absolute Gasteiger partial charge is 0.223 e. The molecule has 0 aliphatic rings. The molecule has 0 aliphatic heterocycles. The van der Waals surface area contributed by atoms with Gasteiger partial charge in [0.05, 0.1) is 5.56 Å². The van der Waals surface area contributed by atoms with Crippen LogP contribution in [0.25, 0.3) is 11.1 Å². The number of rotatable bonds is 1. The van der Waals surface area contributed by atoms with E-state index >= 15 is 0 Å². The van der Waals surface area contributed by atoms with Crippen LogP contribution in [0.1, 0.15) is 0 Å². The summed E-state index contributed by atoms with van der Waals surface area (Å²) in [6.07, 6.45) is 1.04. The van der Waals surface area contributed by atoms with Crippen LogP contribution in [0.5, 0.6) is 0 Å². The van der Waals surface area contributed by atoms with Crippen LogP contribution in [0.3, 0.4) is 0 Å². The normalized spacial score (nSPS) is 10.3. The van der Waals surface area contributed by atoms with Gasteiger partial charge in [0.1, 0.15) is 11.6 Å². The highest BCUT2D eigenvalue weighted by molar-refractivity contribution is 5.63. The van der Waals surface area contributed by atoms with Gasteiger partial charge in [-0.15, -0.1) is 0 Å². The lowest BCUT2D eigenvalue weighted by Gasteiger charge is -2.03. The molecule has 0 radical (unpaired) electrons. The van der Waals surface area contributed by atoms with Gasteiger partial charge >= 0.3 is 0 Å². The van der Waals surface area contributed by atoms with Gasteiger partial charge in [-0.05, 0) is 23.8 Å². The van der Waals surface area contributed by atoms with Crippen LogP contribution in [0.4, 0.5) is 13.2 Å². The topological polar surface area (TPSA) is 12.9 Å². The molecule has 1 aromatic heterocycles. The van der Waals surface area contributed by atoms with E-state index in [4.69, 9.17) is 0 Å². The van der Waals surface area contributed by atoms with E-state index in [9.17, 15) is 13.2 Å². The zero-order valence-corrected chi connectivity index (χ0v) is 7.55. The van der Waals surface area contributed by atoms with Crippen LogP contribution in [0.15, 0.2) is 36.5 Å². The highest BCUT2D eigenvalue weighted by Crippen LogP contribution is 2.24. The highest BCUT2D eigenvalue weighted by Gasteiger charge is 2.11. The Morgan fingerprint density at radius 3 is 2.13 bits per heavy atom. The van der Waals surface area contributed by atoms with Crippen molar-refractivity contribution in [2.45, 2.75) is 0 Å². The van der Waals surface area contributed by atoms with Crippen LogP contribution in [-0.4, -0.2) is 4.98 Å². The van der Waals surface area contributed by atoms with Crippen molar-refractivity contribution < 1.29 is 13.2 Å². The van der Waals surface area contributed by atoms with E-state index in [1.165, 1.54) is 12.1 Å². The van der Waals surface area contributed by atoms with Gasteiger partial charge in [-0.25, -0.2) is 13.8 Å². The number of hydrogen-bond acceptors (Lipinski definition) is 1. The summed E-state index contributed by atoms with van der Waals surface area (Å²) < 4.78 is 39.1. The van der Waals surface area contributed by atoms with Gasteiger partial charge in [-0.1, -0.05) is 12.1 Å². The second-order valence-corrected chi connectivity index (χ2v) is 2.97. The number of halogens is 3. The molecule has 0 unspecified atom stereocenters. The second kappa shape index (κ2) is 3.73.